The molecule has 1 unspecified atom stereocenters. The number of nitro benzene ring substituents is 1. The minimum atomic E-state index is -0.458. The zero-order valence-electron chi connectivity index (χ0n) is 11.3. The first kappa shape index (κ1) is 14.9. The maximum absolute atomic E-state index is 10.9. The van der Waals surface area contributed by atoms with Gasteiger partial charge >= 0.3 is 5.69 Å². The van der Waals surface area contributed by atoms with Crippen LogP contribution in [0.2, 0.25) is 0 Å². The molecular weight excluding hydrogens is 246 g/mol. The first-order valence-corrected chi connectivity index (χ1v) is 5.87. The van der Waals surface area contributed by atoms with Crippen molar-refractivity contribution in [3.05, 3.63) is 33.9 Å². The molecule has 0 aliphatic rings. The van der Waals surface area contributed by atoms with E-state index in [4.69, 9.17) is 10.00 Å². The summed E-state index contributed by atoms with van der Waals surface area (Å²) in [7, 11) is 3.28. The van der Waals surface area contributed by atoms with E-state index in [0.29, 0.717) is 13.1 Å². The molecule has 1 atom stereocenters. The third-order valence-corrected chi connectivity index (χ3v) is 2.70. The quantitative estimate of drug-likeness (QED) is 0.580. The van der Waals surface area contributed by atoms with E-state index in [2.05, 4.69) is 6.07 Å². The highest BCUT2D eigenvalue weighted by Gasteiger charge is 2.16. The van der Waals surface area contributed by atoms with Crippen molar-refractivity contribution in [2.24, 2.45) is 5.92 Å². The summed E-state index contributed by atoms with van der Waals surface area (Å²) in [4.78, 5) is 12.4. The van der Waals surface area contributed by atoms with Gasteiger partial charge in [0.1, 0.15) is 0 Å². The molecule has 6 nitrogen and oxygen atoms in total. The molecule has 1 rings (SSSR count). The largest absolute Gasteiger partial charge is 0.490 e. The Bertz CT molecular complexity index is 496. The molecule has 0 saturated heterocycles. The van der Waals surface area contributed by atoms with Crippen molar-refractivity contribution >= 4 is 5.69 Å². The van der Waals surface area contributed by atoms with Crippen LogP contribution in [0.5, 0.6) is 5.75 Å². The predicted octanol–water partition coefficient (Wildman–Crippen LogP) is 2.19. The van der Waals surface area contributed by atoms with Crippen LogP contribution in [0.25, 0.3) is 0 Å². The number of nitro groups is 1. The Labute approximate surface area is 112 Å². The van der Waals surface area contributed by atoms with Crippen LogP contribution in [0.15, 0.2) is 18.2 Å². The lowest BCUT2D eigenvalue weighted by Gasteiger charge is -2.17. The van der Waals surface area contributed by atoms with E-state index in [-0.39, 0.29) is 17.4 Å². The molecule has 1 aromatic rings. The molecule has 6 heteroatoms. The molecular formula is C13H17N3O3. The van der Waals surface area contributed by atoms with E-state index in [9.17, 15) is 10.1 Å². The van der Waals surface area contributed by atoms with Crippen LogP contribution >= 0.6 is 0 Å². The van der Waals surface area contributed by atoms with Crippen molar-refractivity contribution in [1.82, 2.24) is 4.90 Å². The number of rotatable bonds is 6. The van der Waals surface area contributed by atoms with Crippen molar-refractivity contribution in [2.45, 2.75) is 13.5 Å². The van der Waals surface area contributed by atoms with E-state index in [0.717, 1.165) is 5.56 Å². The number of ether oxygens (including phenoxy) is 1. The molecule has 0 spiro atoms. The zero-order valence-corrected chi connectivity index (χ0v) is 11.3. The van der Waals surface area contributed by atoms with Gasteiger partial charge in [-0.05, 0) is 25.6 Å². The van der Waals surface area contributed by atoms with E-state index in [1.54, 1.807) is 12.1 Å². The Balaban J connectivity index is 2.83. The van der Waals surface area contributed by atoms with Gasteiger partial charge in [0.15, 0.2) is 5.75 Å². The van der Waals surface area contributed by atoms with Gasteiger partial charge in [0.2, 0.25) is 0 Å². The number of nitrogens with zero attached hydrogens (tertiary/aromatic N) is 3. The summed E-state index contributed by atoms with van der Waals surface area (Å²) in [5.74, 6) is 0.181. The molecule has 19 heavy (non-hydrogen) atoms. The lowest BCUT2D eigenvalue weighted by atomic mass is 10.1. The number of hydrogen-bond donors (Lipinski definition) is 0. The Morgan fingerprint density at radius 2 is 2.26 bits per heavy atom. The summed E-state index contributed by atoms with van der Waals surface area (Å²) < 4.78 is 4.95. The lowest BCUT2D eigenvalue weighted by Crippen LogP contribution is -2.23. The van der Waals surface area contributed by atoms with Crippen LogP contribution in [0.3, 0.4) is 0 Å². The monoisotopic (exact) mass is 263 g/mol. The van der Waals surface area contributed by atoms with Gasteiger partial charge in [-0.3, -0.25) is 10.1 Å². The standard InChI is InChI=1S/C13H17N3O3/c1-10(7-14)8-15(2)9-11-4-5-13(19-3)12(6-11)16(17)18/h4-6,10H,8-9H2,1-3H3. The summed E-state index contributed by atoms with van der Waals surface area (Å²) in [6, 6.07) is 7.05. The summed E-state index contributed by atoms with van der Waals surface area (Å²) >= 11 is 0. The zero-order chi connectivity index (χ0) is 14.4. The molecule has 102 valence electrons. The lowest BCUT2D eigenvalue weighted by molar-refractivity contribution is -0.385. The number of methoxy groups -OCH3 is 1. The molecule has 0 fully saturated rings. The van der Waals surface area contributed by atoms with Crippen LogP contribution in [-0.2, 0) is 6.54 Å². The van der Waals surface area contributed by atoms with Crippen LogP contribution < -0.4 is 4.74 Å². The second-order valence-electron chi connectivity index (χ2n) is 4.49. The fourth-order valence-corrected chi connectivity index (χ4v) is 1.86. The van der Waals surface area contributed by atoms with E-state index in [1.165, 1.54) is 13.2 Å². The summed E-state index contributed by atoms with van der Waals surface area (Å²) in [6.45, 7) is 3.01. The second-order valence-corrected chi connectivity index (χ2v) is 4.49. The molecule has 1 aromatic carbocycles. The Morgan fingerprint density at radius 1 is 1.58 bits per heavy atom. The molecule has 0 bridgehead atoms. The molecule has 0 N–H and O–H groups in total. The normalized spacial score (nSPS) is 11.9. The average molecular weight is 263 g/mol. The highest BCUT2D eigenvalue weighted by Crippen LogP contribution is 2.27. The van der Waals surface area contributed by atoms with Gasteiger partial charge in [0.05, 0.1) is 24.0 Å². The first-order valence-electron chi connectivity index (χ1n) is 5.87. The van der Waals surface area contributed by atoms with E-state index in [1.807, 2.05) is 18.9 Å². The second kappa shape index (κ2) is 6.71. The third-order valence-electron chi connectivity index (χ3n) is 2.70. The van der Waals surface area contributed by atoms with E-state index < -0.39 is 4.92 Å². The van der Waals surface area contributed by atoms with Gasteiger partial charge in [-0.1, -0.05) is 6.07 Å². The van der Waals surface area contributed by atoms with Crippen LogP contribution in [0.4, 0.5) is 5.69 Å². The third kappa shape index (κ3) is 4.23. The van der Waals surface area contributed by atoms with Crippen LogP contribution in [-0.4, -0.2) is 30.5 Å². The van der Waals surface area contributed by atoms with Crippen molar-refractivity contribution in [3.63, 3.8) is 0 Å². The van der Waals surface area contributed by atoms with Crippen molar-refractivity contribution < 1.29 is 9.66 Å². The first-order chi connectivity index (χ1) is 8.97. The van der Waals surface area contributed by atoms with Crippen molar-refractivity contribution in [1.29, 1.82) is 5.26 Å². The van der Waals surface area contributed by atoms with Gasteiger partial charge in [-0.15, -0.1) is 0 Å². The Kier molecular flexibility index (Phi) is 5.27. The van der Waals surface area contributed by atoms with Crippen molar-refractivity contribution in [3.8, 4) is 11.8 Å². The summed E-state index contributed by atoms with van der Waals surface area (Å²) in [6.07, 6.45) is 0. The van der Waals surface area contributed by atoms with Gasteiger partial charge in [-0.25, -0.2) is 0 Å². The predicted molar refractivity (Wildman–Crippen MR) is 70.8 cm³/mol. The minimum Gasteiger partial charge on any atom is -0.490 e. The maximum Gasteiger partial charge on any atom is 0.311 e. The Morgan fingerprint density at radius 3 is 2.79 bits per heavy atom. The topological polar surface area (TPSA) is 79.4 Å². The van der Waals surface area contributed by atoms with E-state index >= 15 is 0 Å². The number of hydrogen-bond acceptors (Lipinski definition) is 5. The summed E-state index contributed by atoms with van der Waals surface area (Å²) in [5, 5.41) is 19.7. The molecule has 0 saturated carbocycles. The minimum absolute atomic E-state index is 0.0401. The molecule has 0 aliphatic carbocycles. The van der Waals surface area contributed by atoms with Gasteiger partial charge in [0, 0.05) is 19.2 Å². The fraction of sp³-hybridized carbons (Fsp3) is 0.462. The number of nitriles is 1. The highest BCUT2D eigenvalue weighted by molar-refractivity contribution is 5.48. The molecule has 0 radical (unpaired) electrons. The smallest absolute Gasteiger partial charge is 0.311 e. The number of benzene rings is 1. The SMILES string of the molecule is COc1ccc(CN(C)CC(C)C#N)cc1[N+](=O)[O-]. The van der Waals surface area contributed by atoms with Gasteiger partial charge < -0.3 is 9.64 Å². The molecule has 0 aliphatic heterocycles. The van der Waals surface area contributed by atoms with Crippen LogP contribution in [0.1, 0.15) is 12.5 Å². The maximum atomic E-state index is 10.9. The molecule has 0 heterocycles. The summed E-state index contributed by atoms with van der Waals surface area (Å²) in [5.41, 5.74) is 0.780. The van der Waals surface area contributed by atoms with Gasteiger partial charge in [0.25, 0.3) is 0 Å². The fourth-order valence-electron chi connectivity index (χ4n) is 1.86. The average Bonchev–Trinajstić information content (AvgIpc) is 2.38. The Hall–Kier alpha value is -2.13. The van der Waals surface area contributed by atoms with Crippen molar-refractivity contribution in [2.75, 3.05) is 20.7 Å². The molecule has 0 amide bonds. The molecule has 0 aromatic heterocycles. The van der Waals surface area contributed by atoms with Gasteiger partial charge in [-0.2, -0.15) is 5.26 Å². The van der Waals surface area contributed by atoms with Crippen LogP contribution in [0, 0.1) is 27.4 Å². The highest BCUT2D eigenvalue weighted by atomic mass is 16.6.